The van der Waals surface area contributed by atoms with Crippen molar-refractivity contribution >= 4 is 0 Å². The molecule has 0 aromatic heterocycles. The molecule has 0 heterocycles. The van der Waals surface area contributed by atoms with Crippen LogP contribution in [0.2, 0.25) is 0 Å². The van der Waals surface area contributed by atoms with Crippen LogP contribution in [0, 0.1) is 5.82 Å². The number of halogens is 1. The summed E-state index contributed by atoms with van der Waals surface area (Å²) in [5.74, 6) is -0.122. The molecule has 0 aliphatic heterocycles. The smallest absolute Gasteiger partial charge is 0.131 e. The third-order valence-corrected chi connectivity index (χ3v) is 5.65. The maximum absolute atomic E-state index is 14.6. The second kappa shape index (κ2) is 11.0. The van der Waals surface area contributed by atoms with Crippen LogP contribution in [0.15, 0.2) is 66.7 Å². The molecule has 0 bridgehead atoms. The quantitative estimate of drug-likeness (QED) is 0.305. The zero-order chi connectivity index (χ0) is 20.5. The van der Waals surface area contributed by atoms with Crippen LogP contribution in [0.4, 0.5) is 4.39 Å². The van der Waals surface area contributed by atoms with E-state index in [2.05, 4.69) is 56.3 Å². The van der Waals surface area contributed by atoms with Crippen LogP contribution in [-0.2, 0) is 12.8 Å². The van der Waals surface area contributed by atoms with E-state index in [1.165, 1.54) is 48.8 Å². The lowest BCUT2D eigenvalue weighted by Gasteiger charge is -2.09. The predicted molar refractivity (Wildman–Crippen MR) is 124 cm³/mol. The van der Waals surface area contributed by atoms with Crippen LogP contribution in [0.25, 0.3) is 22.3 Å². The SMILES string of the molecule is CCCCCc1ccc(-c2ccc(-c3ccc(CCCCC)cc3F)cc2)cc1. The van der Waals surface area contributed by atoms with Crippen LogP contribution >= 0.6 is 0 Å². The minimum Gasteiger partial charge on any atom is -0.206 e. The van der Waals surface area contributed by atoms with Gasteiger partial charge in [0.1, 0.15) is 5.82 Å². The molecule has 0 fully saturated rings. The van der Waals surface area contributed by atoms with Gasteiger partial charge in [-0.25, -0.2) is 4.39 Å². The predicted octanol–water partition coefficient (Wildman–Crippen LogP) is 8.63. The Labute approximate surface area is 175 Å². The highest BCUT2D eigenvalue weighted by Gasteiger charge is 2.07. The van der Waals surface area contributed by atoms with Crippen LogP contribution in [0.3, 0.4) is 0 Å². The molecule has 0 unspecified atom stereocenters. The van der Waals surface area contributed by atoms with Gasteiger partial charge < -0.3 is 0 Å². The fourth-order valence-corrected chi connectivity index (χ4v) is 3.81. The lowest BCUT2D eigenvalue weighted by Crippen LogP contribution is -1.91. The molecule has 0 saturated carbocycles. The van der Waals surface area contributed by atoms with E-state index in [1.807, 2.05) is 18.2 Å². The molecular formula is C28H33F. The summed E-state index contributed by atoms with van der Waals surface area (Å²) in [6, 6.07) is 22.8. The van der Waals surface area contributed by atoms with Gasteiger partial charge in [-0.05, 0) is 59.6 Å². The molecule has 0 spiro atoms. The second-order valence-corrected chi connectivity index (χ2v) is 8.00. The number of aryl methyl sites for hydroxylation is 2. The van der Waals surface area contributed by atoms with E-state index in [0.717, 1.165) is 30.4 Å². The molecule has 0 atom stereocenters. The van der Waals surface area contributed by atoms with Crippen molar-refractivity contribution in [2.45, 2.75) is 65.2 Å². The number of rotatable bonds is 10. The van der Waals surface area contributed by atoms with E-state index >= 15 is 0 Å². The lowest BCUT2D eigenvalue weighted by molar-refractivity contribution is 0.626. The van der Waals surface area contributed by atoms with Crippen molar-refractivity contribution in [1.29, 1.82) is 0 Å². The van der Waals surface area contributed by atoms with Gasteiger partial charge in [0.05, 0.1) is 0 Å². The molecule has 0 N–H and O–H groups in total. The Bertz CT molecular complexity index is 875. The number of hydrogen-bond donors (Lipinski definition) is 0. The summed E-state index contributed by atoms with van der Waals surface area (Å²) in [6.07, 6.45) is 9.43. The molecular weight excluding hydrogens is 355 g/mol. The minimum absolute atomic E-state index is 0.122. The Morgan fingerprint density at radius 1 is 0.552 bits per heavy atom. The topological polar surface area (TPSA) is 0 Å². The van der Waals surface area contributed by atoms with Gasteiger partial charge in [0, 0.05) is 5.56 Å². The average molecular weight is 389 g/mol. The number of hydrogen-bond acceptors (Lipinski definition) is 0. The van der Waals surface area contributed by atoms with Crippen molar-refractivity contribution in [3.8, 4) is 22.3 Å². The molecule has 0 aliphatic carbocycles. The van der Waals surface area contributed by atoms with Gasteiger partial charge in [-0.2, -0.15) is 0 Å². The van der Waals surface area contributed by atoms with Gasteiger partial charge in [0.15, 0.2) is 0 Å². The van der Waals surface area contributed by atoms with E-state index in [-0.39, 0.29) is 5.82 Å². The summed E-state index contributed by atoms with van der Waals surface area (Å²) in [6.45, 7) is 4.43. The average Bonchev–Trinajstić information content (AvgIpc) is 2.75. The van der Waals surface area contributed by atoms with Gasteiger partial charge in [0.2, 0.25) is 0 Å². The molecule has 3 aromatic rings. The maximum atomic E-state index is 14.6. The summed E-state index contributed by atoms with van der Waals surface area (Å²) < 4.78 is 14.6. The Kier molecular flexibility index (Phi) is 8.04. The molecule has 0 aliphatic rings. The Hall–Kier alpha value is -2.41. The first-order valence-electron chi connectivity index (χ1n) is 11.2. The minimum atomic E-state index is -0.122. The summed E-state index contributed by atoms with van der Waals surface area (Å²) in [5, 5.41) is 0. The largest absolute Gasteiger partial charge is 0.206 e. The summed E-state index contributed by atoms with van der Waals surface area (Å²) in [7, 11) is 0. The second-order valence-electron chi connectivity index (χ2n) is 8.00. The summed E-state index contributed by atoms with van der Waals surface area (Å²) >= 11 is 0. The van der Waals surface area contributed by atoms with E-state index in [4.69, 9.17) is 0 Å². The first-order chi connectivity index (χ1) is 14.2. The fraction of sp³-hybridized carbons (Fsp3) is 0.357. The van der Waals surface area contributed by atoms with Crippen molar-refractivity contribution in [1.82, 2.24) is 0 Å². The Balaban J connectivity index is 1.68. The van der Waals surface area contributed by atoms with Crippen LogP contribution < -0.4 is 0 Å². The molecule has 3 aromatic carbocycles. The van der Waals surface area contributed by atoms with Crippen molar-refractivity contribution in [2.24, 2.45) is 0 Å². The zero-order valence-corrected chi connectivity index (χ0v) is 17.9. The van der Waals surface area contributed by atoms with Gasteiger partial charge in [-0.1, -0.05) is 100 Å². The van der Waals surface area contributed by atoms with Crippen molar-refractivity contribution in [3.63, 3.8) is 0 Å². The van der Waals surface area contributed by atoms with Gasteiger partial charge in [0.25, 0.3) is 0 Å². The van der Waals surface area contributed by atoms with E-state index in [1.54, 1.807) is 6.07 Å². The van der Waals surface area contributed by atoms with Gasteiger partial charge >= 0.3 is 0 Å². The van der Waals surface area contributed by atoms with Gasteiger partial charge in [-0.3, -0.25) is 0 Å². The fourth-order valence-electron chi connectivity index (χ4n) is 3.81. The molecule has 0 saturated heterocycles. The molecule has 152 valence electrons. The molecule has 0 amide bonds. The molecule has 29 heavy (non-hydrogen) atoms. The highest BCUT2D eigenvalue weighted by Crippen LogP contribution is 2.28. The van der Waals surface area contributed by atoms with Crippen molar-refractivity contribution < 1.29 is 4.39 Å². The van der Waals surface area contributed by atoms with Gasteiger partial charge in [-0.15, -0.1) is 0 Å². The zero-order valence-electron chi connectivity index (χ0n) is 17.9. The first kappa shape index (κ1) is 21.3. The lowest BCUT2D eigenvalue weighted by atomic mass is 9.97. The van der Waals surface area contributed by atoms with Crippen LogP contribution in [0.5, 0.6) is 0 Å². The number of benzene rings is 3. The molecule has 3 rings (SSSR count). The van der Waals surface area contributed by atoms with E-state index in [0.29, 0.717) is 5.56 Å². The Morgan fingerprint density at radius 2 is 1.03 bits per heavy atom. The van der Waals surface area contributed by atoms with Crippen LogP contribution in [-0.4, -0.2) is 0 Å². The van der Waals surface area contributed by atoms with E-state index < -0.39 is 0 Å². The Morgan fingerprint density at radius 3 is 1.59 bits per heavy atom. The summed E-state index contributed by atoms with van der Waals surface area (Å²) in [5.41, 5.74) is 6.49. The third-order valence-electron chi connectivity index (χ3n) is 5.65. The summed E-state index contributed by atoms with van der Waals surface area (Å²) in [4.78, 5) is 0. The monoisotopic (exact) mass is 388 g/mol. The highest BCUT2D eigenvalue weighted by atomic mass is 19.1. The van der Waals surface area contributed by atoms with Crippen LogP contribution in [0.1, 0.15) is 63.5 Å². The number of unbranched alkanes of at least 4 members (excludes halogenated alkanes) is 4. The normalized spacial score (nSPS) is 11.0. The standard InChI is InChI=1S/C28H33F/c1-3-5-7-9-22-11-14-24(15-12-22)25-16-18-26(19-17-25)27-20-13-23(21-28(27)29)10-8-6-4-2/h11-21H,3-10H2,1-2H3. The first-order valence-corrected chi connectivity index (χ1v) is 11.2. The molecule has 0 radical (unpaired) electrons. The van der Waals surface area contributed by atoms with Crippen molar-refractivity contribution in [3.05, 3.63) is 83.7 Å². The van der Waals surface area contributed by atoms with Crippen molar-refractivity contribution in [2.75, 3.05) is 0 Å². The van der Waals surface area contributed by atoms with E-state index in [9.17, 15) is 4.39 Å². The maximum Gasteiger partial charge on any atom is 0.131 e. The molecule has 0 nitrogen and oxygen atoms in total. The molecule has 1 heteroatoms. The highest BCUT2D eigenvalue weighted by molar-refractivity contribution is 5.71. The third kappa shape index (κ3) is 6.03.